The van der Waals surface area contributed by atoms with Gasteiger partial charge >= 0.3 is 0 Å². The van der Waals surface area contributed by atoms with E-state index >= 15 is 0 Å². The van der Waals surface area contributed by atoms with Crippen LogP contribution in [0.4, 0.5) is 39.8 Å². The van der Waals surface area contributed by atoms with Crippen LogP contribution in [0, 0.1) is 0 Å². The van der Waals surface area contributed by atoms with E-state index in [1.54, 1.807) is 0 Å². The summed E-state index contributed by atoms with van der Waals surface area (Å²) in [6.07, 6.45) is 6.87. The molecule has 3 aliphatic rings. The van der Waals surface area contributed by atoms with Crippen molar-refractivity contribution in [2.75, 3.05) is 21.2 Å². The summed E-state index contributed by atoms with van der Waals surface area (Å²) in [6, 6.07) is 64.9. The lowest BCUT2D eigenvalue weighted by atomic mass is 9.81. The molecule has 0 spiro atoms. The first-order valence-corrected chi connectivity index (χ1v) is 20.7. The minimum atomic E-state index is -0.0792. The van der Waals surface area contributed by atoms with Crippen molar-refractivity contribution in [2.24, 2.45) is 0 Å². The molecule has 8 aromatic carbocycles. The minimum absolute atomic E-state index is 0.0792. The fourth-order valence-electron chi connectivity index (χ4n) is 9.73. The van der Waals surface area contributed by atoms with Crippen molar-refractivity contribution < 1.29 is 0 Å². The van der Waals surface area contributed by atoms with Gasteiger partial charge in [-0.05, 0) is 135 Å². The van der Waals surface area contributed by atoms with Crippen molar-refractivity contribution in [3.05, 3.63) is 209 Å². The van der Waals surface area contributed by atoms with Crippen LogP contribution in [0.1, 0.15) is 53.6 Å². The molecule has 0 aromatic heterocycles. The topological polar surface area (TPSA) is 9.72 Å². The number of benzene rings is 8. The average Bonchev–Trinajstić information content (AvgIpc) is 3.37. The molecule has 0 saturated carbocycles. The molecule has 0 bridgehead atoms. The Bertz CT molecular complexity index is 2860. The normalized spacial score (nSPS) is 15.1. The molecule has 3 heteroatoms. The van der Waals surface area contributed by atoms with Crippen LogP contribution >= 0.6 is 0 Å². The van der Waals surface area contributed by atoms with Crippen LogP contribution in [0.2, 0.25) is 0 Å². The summed E-state index contributed by atoms with van der Waals surface area (Å²) in [5.41, 5.74) is 19.1. The molecule has 0 amide bonds. The fourth-order valence-corrected chi connectivity index (χ4v) is 9.73. The number of hydrogen-bond acceptors (Lipinski definition) is 3. The summed E-state index contributed by atoms with van der Waals surface area (Å²) in [5, 5.41) is 2.44. The monoisotopic (exact) mass is 747 g/mol. The molecule has 0 radical (unpaired) electrons. The second kappa shape index (κ2) is 13.7. The summed E-state index contributed by atoms with van der Waals surface area (Å²) in [6.45, 7) is 6.85. The number of para-hydroxylation sites is 5. The van der Waals surface area contributed by atoms with Gasteiger partial charge in [-0.3, -0.25) is 0 Å². The van der Waals surface area contributed by atoms with Crippen molar-refractivity contribution in [2.45, 2.75) is 38.6 Å². The quantitative estimate of drug-likeness (QED) is 0.162. The molecule has 0 atom stereocenters. The van der Waals surface area contributed by atoms with Gasteiger partial charge in [0.2, 0.25) is 0 Å². The Kier molecular flexibility index (Phi) is 8.11. The number of fused-ring (bicyclic) bond motifs is 7. The predicted octanol–water partition coefficient (Wildman–Crippen LogP) is 14.5. The van der Waals surface area contributed by atoms with Crippen LogP contribution in [0.15, 0.2) is 176 Å². The highest BCUT2D eigenvalue weighted by molar-refractivity contribution is 6.02. The fraction of sp³-hybridized carbons (Fsp3) is 0.127. The molecule has 0 unspecified atom stereocenters. The molecule has 0 N–H and O–H groups in total. The molecular weight excluding hydrogens is 703 g/mol. The first kappa shape index (κ1) is 34.4. The van der Waals surface area contributed by atoms with Crippen molar-refractivity contribution in [3.8, 4) is 11.1 Å². The third-order valence-electron chi connectivity index (χ3n) is 12.7. The maximum atomic E-state index is 2.58. The maximum absolute atomic E-state index is 2.58. The van der Waals surface area contributed by atoms with Gasteiger partial charge in [-0.25, -0.2) is 0 Å². The number of rotatable bonds is 5. The van der Waals surface area contributed by atoms with E-state index in [0.717, 1.165) is 53.6 Å². The maximum Gasteiger partial charge on any atom is 0.0703 e. The van der Waals surface area contributed by atoms with Crippen LogP contribution < -0.4 is 14.7 Å². The van der Waals surface area contributed by atoms with E-state index in [-0.39, 0.29) is 5.41 Å². The van der Waals surface area contributed by atoms with Gasteiger partial charge in [0.15, 0.2) is 0 Å². The standard InChI is InChI=1S/C55H45N3/c1-55(2)49-34-39(25-30-47(49)48-31-29-45(36-50(48)55)56-32-12-15-40-13-6-7-14-43(40)37-56)23-22-38-24-26-42-35-46(28-27-41(42)33-38)58-53-20-10-8-18-51(53)57(44-16-4-3-5-17-44)52-19-9-11-21-54(52)58/h3-11,13-14,16-31,33-36H,12,15,32,37H2,1-2H3. The second-order valence-electron chi connectivity index (χ2n) is 16.6. The molecule has 0 saturated heterocycles. The van der Waals surface area contributed by atoms with Crippen molar-refractivity contribution >= 4 is 62.7 Å². The highest BCUT2D eigenvalue weighted by atomic mass is 15.3. The molecule has 11 rings (SSSR count). The van der Waals surface area contributed by atoms with Crippen molar-refractivity contribution in [1.29, 1.82) is 0 Å². The Morgan fingerprint density at radius 1 is 0.448 bits per heavy atom. The summed E-state index contributed by atoms with van der Waals surface area (Å²) in [5.74, 6) is 0. The van der Waals surface area contributed by atoms with E-state index in [1.165, 1.54) is 67.4 Å². The number of hydrogen-bond donors (Lipinski definition) is 0. The molecule has 1 aliphatic carbocycles. The lowest BCUT2D eigenvalue weighted by Crippen LogP contribution is -2.23. The van der Waals surface area contributed by atoms with Gasteiger partial charge in [-0.15, -0.1) is 0 Å². The third-order valence-corrected chi connectivity index (χ3v) is 12.7. The zero-order valence-electron chi connectivity index (χ0n) is 33.1. The van der Waals surface area contributed by atoms with Crippen LogP contribution in [-0.2, 0) is 18.4 Å². The zero-order chi connectivity index (χ0) is 38.8. The zero-order valence-corrected chi connectivity index (χ0v) is 33.1. The molecule has 2 heterocycles. The Morgan fingerprint density at radius 3 is 1.71 bits per heavy atom. The number of anilines is 7. The third kappa shape index (κ3) is 5.72. The Hall–Kier alpha value is -6.84. The van der Waals surface area contributed by atoms with Crippen LogP contribution in [0.5, 0.6) is 0 Å². The lowest BCUT2D eigenvalue weighted by molar-refractivity contribution is 0.659. The van der Waals surface area contributed by atoms with E-state index in [2.05, 4.69) is 217 Å². The minimum Gasteiger partial charge on any atom is -0.367 e. The second-order valence-corrected chi connectivity index (χ2v) is 16.6. The van der Waals surface area contributed by atoms with Gasteiger partial charge in [0, 0.05) is 35.6 Å². The van der Waals surface area contributed by atoms with Gasteiger partial charge in [0.25, 0.3) is 0 Å². The largest absolute Gasteiger partial charge is 0.367 e. The molecule has 58 heavy (non-hydrogen) atoms. The highest BCUT2D eigenvalue weighted by Gasteiger charge is 2.36. The number of nitrogens with zero attached hydrogens (tertiary/aromatic N) is 3. The Balaban J connectivity index is 0.865. The molecule has 3 nitrogen and oxygen atoms in total. The van der Waals surface area contributed by atoms with Crippen LogP contribution in [0.25, 0.3) is 34.1 Å². The van der Waals surface area contributed by atoms with E-state index in [9.17, 15) is 0 Å². The van der Waals surface area contributed by atoms with Gasteiger partial charge in [0.1, 0.15) is 0 Å². The predicted molar refractivity (Wildman–Crippen MR) is 246 cm³/mol. The molecule has 2 aliphatic heterocycles. The van der Waals surface area contributed by atoms with Crippen molar-refractivity contribution in [1.82, 2.24) is 0 Å². The number of aryl methyl sites for hydroxylation is 1. The Labute approximate surface area is 341 Å². The van der Waals surface area contributed by atoms with E-state index < -0.39 is 0 Å². The van der Waals surface area contributed by atoms with Crippen LogP contribution in [0.3, 0.4) is 0 Å². The van der Waals surface area contributed by atoms with Gasteiger partial charge in [0.05, 0.1) is 22.7 Å². The van der Waals surface area contributed by atoms with Gasteiger partial charge in [-0.2, -0.15) is 0 Å². The van der Waals surface area contributed by atoms with Crippen LogP contribution in [-0.4, -0.2) is 6.54 Å². The first-order chi connectivity index (χ1) is 28.5. The highest BCUT2D eigenvalue weighted by Crippen LogP contribution is 2.54. The summed E-state index contributed by atoms with van der Waals surface area (Å²) >= 11 is 0. The summed E-state index contributed by atoms with van der Waals surface area (Å²) in [7, 11) is 0. The van der Waals surface area contributed by atoms with E-state index in [4.69, 9.17) is 0 Å². The molecular formula is C55H45N3. The molecule has 280 valence electrons. The first-order valence-electron chi connectivity index (χ1n) is 20.7. The Morgan fingerprint density at radius 2 is 0.983 bits per heavy atom. The van der Waals surface area contributed by atoms with E-state index in [0.29, 0.717) is 0 Å². The SMILES string of the molecule is CC1(C)c2cc(C=Cc3ccc4cc(N5c6ccccc6N(c6ccccc6)c6ccccc65)ccc4c3)ccc2-c2ccc(N3CCCc4ccccc4C3)cc21. The summed E-state index contributed by atoms with van der Waals surface area (Å²) < 4.78 is 0. The van der Waals surface area contributed by atoms with E-state index in [1.807, 2.05) is 0 Å². The lowest BCUT2D eigenvalue weighted by Gasteiger charge is -2.40. The van der Waals surface area contributed by atoms with Crippen molar-refractivity contribution in [3.63, 3.8) is 0 Å². The van der Waals surface area contributed by atoms with Gasteiger partial charge in [-0.1, -0.05) is 135 Å². The van der Waals surface area contributed by atoms with Gasteiger partial charge < -0.3 is 14.7 Å². The summed E-state index contributed by atoms with van der Waals surface area (Å²) in [4.78, 5) is 7.35. The molecule has 0 fully saturated rings. The molecule has 8 aromatic rings. The average molecular weight is 748 g/mol. The smallest absolute Gasteiger partial charge is 0.0703 e.